The first-order chi connectivity index (χ1) is 35.0. The molecule has 406 valence electrons. The molecule has 0 heterocycles. The third-order valence-corrected chi connectivity index (χ3v) is 12.6. The Kier molecular flexibility index (Phi) is 55.9. The van der Waals surface area contributed by atoms with Crippen molar-refractivity contribution in [2.24, 2.45) is 0 Å². The van der Waals surface area contributed by atoms with Crippen LogP contribution >= 0.6 is 0 Å². The zero-order valence-electron chi connectivity index (χ0n) is 46.5. The predicted octanol–water partition coefficient (Wildman–Crippen LogP) is 20.1. The van der Waals surface area contributed by atoms with Crippen LogP contribution in [0.5, 0.6) is 0 Å². The van der Waals surface area contributed by atoms with Gasteiger partial charge < -0.3 is 14.2 Å². The van der Waals surface area contributed by atoms with Gasteiger partial charge in [-0.15, -0.1) is 0 Å². The summed E-state index contributed by atoms with van der Waals surface area (Å²) in [6, 6.07) is 0. The molecular formula is C65H110O6. The van der Waals surface area contributed by atoms with Crippen molar-refractivity contribution in [3.8, 4) is 0 Å². The number of allylic oxidation sites excluding steroid dienone is 16. The lowest BCUT2D eigenvalue weighted by Crippen LogP contribution is -2.30. The molecule has 6 heteroatoms. The number of carbonyl (C=O) groups is 3. The molecule has 0 saturated carbocycles. The number of hydrogen-bond acceptors (Lipinski definition) is 6. The minimum atomic E-state index is -0.786. The van der Waals surface area contributed by atoms with Crippen LogP contribution in [0.25, 0.3) is 0 Å². The van der Waals surface area contributed by atoms with Gasteiger partial charge in [0.25, 0.3) is 0 Å². The molecule has 0 aliphatic heterocycles. The molecule has 0 fully saturated rings. The maximum atomic E-state index is 12.8. The van der Waals surface area contributed by atoms with Gasteiger partial charge in [-0.25, -0.2) is 0 Å². The molecular weight excluding hydrogens is 877 g/mol. The van der Waals surface area contributed by atoms with E-state index in [1.165, 1.54) is 116 Å². The molecule has 6 nitrogen and oxygen atoms in total. The van der Waals surface area contributed by atoms with Crippen molar-refractivity contribution >= 4 is 17.9 Å². The minimum Gasteiger partial charge on any atom is -0.462 e. The summed E-state index contributed by atoms with van der Waals surface area (Å²) in [6.07, 6.45) is 78.4. The first kappa shape index (κ1) is 67.3. The van der Waals surface area contributed by atoms with Gasteiger partial charge in [0.2, 0.25) is 0 Å². The molecule has 0 amide bonds. The first-order valence-corrected chi connectivity index (χ1v) is 29.7. The van der Waals surface area contributed by atoms with Crippen LogP contribution < -0.4 is 0 Å². The van der Waals surface area contributed by atoms with Crippen molar-refractivity contribution in [3.63, 3.8) is 0 Å². The Bertz CT molecular complexity index is 1410. The average molecular weight is 988 g/mol. The fraction of sp³-hybridized carbons (Fsp3) is 0.708. The highest BCUT2D eigenvalue weighted by Gasteiger charge is 2.19. The van der Waals surface area contributed by atoms with Crippen molar-refractivity contribution in [3.05, 3.63) is 97.2 Å². The highest BCUT2D eigenvalue weighted by atomic mass is 16.6. The summed E-state index contributed by atoms with van der Waals surface area (Å²) in [6.45, 7) is 6.48. The molecule has 0 spiro atoms. The Morgan fingerprint density at radius 3 is 0.873 bits per heavy atom. The smallest absolute Gasteiger partial charge is 0.306 e. The lowest BCUT2D eigenvalue weighted by Gasteiger charge is -2.18. The van der Waals surface area contributed by atoms with Crippen LogP contribution in [0.2, 0.25) is 0 Å². The normalized spacial score (nSPS) is 12.8. The van der Waals surface area contributed by atoms with E-state index in [1.54, 1.807) is 0 Å². The van der Waals surface area contributed by atoms with E-state index in [2.05, 4.69) is 118 Å². The van der Waals surface area contributed by atoms with Crippen LogP contribution in [-0.2, 0) is 28.6 Å². The van der Waals surface area contributed by atoms with Gasteiger partial charge in [0.1, 0.15) is 13.2 Å². The van der Waals surface area contributed by atoms with Crippen LogP contribution in [0.15, 0.2) is 97.2 Å². The summed E-state index contributed by atoms with van der Waals surface area (Å²) in [5.74, 6) is -0.909. The predicted molar refractivity (Wildman–Crippen MR) is 307 cm³/mol. The monoisotopic (exact) mass is 987 g/mol. The number of ether oxygens (including phenoxy) is 3. The summed E-state index contributed by atoms with van der Waals surface area (Å²) in [5.41, 5.74) is 0. The van der Waals surface area contributed by atoms with E-state index < -0.39 is 6.10 Å². The Balaban J connectivity index is 4.27. The largest absolute Gasteiger partial charge is 0.462 e. The SMILES string of the molecule is CC/C=C\C/C=C\C/C=C\C/C=C\C/C=C\C/C=C\C/C=C\CCCCCCCC(=O)OCC(COC(=O)CCCCCCCCCC)OC(=O)CCCCCCCCC/C=C\CCCCCCCCC. The third-order valence-electron chi connectivity index (χ3n) is 12.6. The van der Waals surface area contributed by atoms with Gasteiger partial charge in [-0.05, 0) is 103 Å². The molecule has 0 aliphatic rings. The van der Waals surface area contributed by atoms with E-state index in [4.69, 9.17) is 14.2 Å². The summed E-state index contributed by atoms with van der Waals surface area (Å²) in [4.78, 5) is 38.0. The van der Waals surface area contributed by atoms with E-state index in [1.807, 2.05) is 0 Å². The molecule has 0 N–H and O–H groups in total. The molecule has 0 rings (SSSR count). The maximum Gasteiger partial charge on any atom is 0.306 e. The molecule has 0 aromatic heterocycles. The lowest BCUT2D eigenvalue weighted by molar-refractivity contribution is -0.167. The van der Waals surface area contributed by atoms with Gasteiger partial charge in [-0.2, -0.15) is 0 Å². The van der Waals surface area contributed by atoms with E-state index >= 15 is 0 Å². The van der Waals surface area contributed by atoms with Crippen molar-refractivity contribution < 1.29 is 28.6 Å². The van der Waals surface area contributed by atoms with Crippen LogP contribution in [0.4, 0.5) is 0 Å². The first-order valence-electron chi connectivity index (χ1n) is 29.7. The number of hydrogen-bond donors (Lipinski definition) is 0. The lowest BCUT2D eigenvalue weighted by atomic mass is 10.1. The fourth-order valence-electron chi connectivity index (χ4n) is 8.12. The summed E-state index contributed by atoms with van der Waals surface area (Å²) >= 11 is 0. The molecule has 0 saturated heterocycles. The Morgan fingerprint density at radius 2 is 0.549 bits per heavy atom. The summed E-state index contributed by atoms with van der Waals surface area (Å²) < 4.78 is 16.8. The molecule has 0 aromatic carbocycles. The standard InChI is InChI=1S/C65H110O6/c1-4-7-10-13-16-19-21-23-25-27-29-30-31-32-33-34-35-36-37-39-40-42-44-46-49-52-55-58-64(67)70-61-62(60-69-63(66)57-54-51-48-18-15-12-9-6-3)71-65(68)59-56-53-50-47-45-43-41-38-28-26-24-22-20-17-14-11-8-5-2/h7,10,16,19,23,25-26,28-30,32-33,35-36,39-40,62H,4-6,8-9,11-15,17-18,20-22,24,27,31,34,37-38,41-61H2,1-3H3/b10-7-,19-16-,25-23-,28-26-,30-29-,33-32-,36-35-,40-39-. The Morgan fingerprint density at radius 1 is 0.296 bits per heavy atom. The molecule has 71 heavy (non-hydrogen) atoms. The molecule has 1 atom stereocenters. The van der Waals surface area contributed by atoms with Gasteiger partial charge in [0.15, 0.2) is 6.10 Å². The molecule has 0 bridgehead atoms. The van der Waals surface area contributed by atoms with Crippen molar-refractivity contribution in [2.75, 3.05) is 13.2 Å². The van der Waals surface area contributed by atoms with Crippen LogP contribution in [-0.4, -0.2) is 37.2 Å². The number of unbranched alkanes of at least 4 members (excludes halogenated alkanes) is 26. The van der Waals surface area contributed by atoms with Gasteiger partial charge >= 0.3 is 17.9 Å². The highest BCUT2D eigenvalue weighted by Crippen LogP contribution is 2.15. The Labute approximate surface area is 438 Å². The van der Waals surface area contributed by atoms with Gasteiger partial charge in [0.05, 0.1) is 0 Å². The number of rotatable bonds is 53. The number of carbonyl (C=O) groups excluding carboxylic acids is 3. The van der Waals surface area contributed by atoms with Crippen LogP contribution in [0.1, 0.15) is 278 Å². The quantitative estimate of drug-likeness (QED) is 0.0261. The topological polar surface area (TPSA) is 78.9 Å². The van der Waals surface area contributed by atoms with Gasteiger partial charge in [-0.1, -0.05) is 253 Å². The molecule has 1 unspecified atom stereocenters. The van der Waals surface area contributed by atoms with E-state index in [-0.39, 0.29) is 31.1 Å². The van der Waals surface area contributed by atoms with E-state index in [9.17, 15) is 14.4 Å². The van der Waals surface area contributed by atoms with Crippen molar-refractivity contribution in [1.29, 1.82) is 0 Å². The average Bonchev–Trinajstić information content (AvgIpc) is 3.37. The fourth-order valence-corrected chi connectivity index (χ4v) is 8.12. The summed E-state index contributed by atoms with van der Waals surface area (Å²) in [7, 11) is 0. The van der Waals surface area contributed by atoms with E-state index in [0.717, 1.165) is 122 Å². The second-order valence-electron chi connectivity index (χ2n) is 19.5. The second-order valence-corrected chi connectivity index (χ2v) is 19.5. The number of esters is 3. The zero-order chi connectivity index (χ0) is 51.4. The summed E-state index contributed by atoms with van der Waals surface area (Å²) in [5, 5.41) is 0. The van der Waals surface area contributed by atoms with Gasteiger partial charge in [-0.3, -0.25) is 14.4 Å². The minimum absolute atomic E-state index is 0.0843. The molecule has 0 aliphatic carbocycles. The molecule has 0 radical (unpaired) electrons. The maximum absolute atomic E-state index is 12.8. The van der Waals surface area contributed by atoms with E-state index in [0.29, 0.717) is 19.3 Å². The van der Waals surface area contributed by atoms with Crippen molar-refractivity contribution in [1.82, 2.24) is 0 Å². The van der Waals surface area contributed by atoms with Crippen LogP contribution in [0, 0.1) is 0 Å². The zero-order valence-corrected chi connectivity index (χ0v) is 46.5. The second kappa shape index (κ2) is 58.9. The molecule has 0 aromatic rings. The van der Waals surface area contributed by atoms with Crippen molar-refractivity contribution in [2.45, 2.75) is 284 Å². The third kappa shape index (κ3) is 57.1. The van der Waals surface area contributed by atoms with Crippen LogP contribution in [0.3, 0.4) is 0 Å². The Hall–Kier alpha value is -3.67. The van der Waals surface area contributed by atoms with Gasteiger partial charge in [0, 0.05) is 19.3 Å². The highest BCUT2D eigenvalue weighted by molar-refractivity contribution is 5.71.